The van der Waals surface area contributed by atoms with E-state index in [1.165, 1.54) is 0 Å². The van der Waals surface area contributed by atoms with Crippen LogP contribution in [0, 0.1) is 10.8 Å². The number of aliphatic hydroxyl groups excluding tert-OH is 8. The van der Waals surface area contributed by atoms with E-state index >= 15 is 0 Å². The number of alkyl halides is 6. The van der Waals surface area contributed by atoms with Gasteiger partial charge in [-0.3, -0.25) is 28.8 Å². The van der Waals surface area contributed by atoms with Crippen LogP contribution in [0.5, 0.6) is 0 Å². The molecule has 0 aliphatic heterocycles. The third-order valence-electron chi connectivity index (χ3n) is 5.73. The molecule has 0 spiro atoms. The van der Waals surface area contributed by atoms with Gasteiger partial charge in [0.15, 0.2) is 0 Å². The Kier molecular flexibility index (Phi) is 45.6. The van der Waals surface area contributed by atoms with E-state index in [0.717, 1.165) is 0 Å². The average Bonchev–Trinajstić information content (AvgIpc) is 3.07. The van der Waals surface area contributed by atoms with Crippen LogP contribution in [-0.2, 0) is 28.8 Å². The Morgan fingerprint density at radius 3 is 0.317 bits per heavy atom. The molecule has 0 unspecified atom stereocenters. The van der Waals surface area contributed by atoms with E-state index in [1.54, 1.807) is 83.1 Å². The van der Waals surface area contributed by atoms with Crippen LogP contribution in [0.4, 0.5) is 0 Å². The number of hydrogen-bond acceptors (Lipinski definition) is 14. The van der Waals surface area contributed by atoms with Crippen LogP contribution in [-0.4, -0.2) is 186 Å². The monoisotopic (exact) mass is 1270 g/mol. The molecule has 0 atom stereocenters. The molecule has 364 valence electrons. The van der Waals surface area contributed by atoms with Crippen LogP contribution in [0.1, 0.15) is 83.1 Å². The highest BCUT2D eigenvalue weighted by molar-refractivity contribution is 9.11. The summed E-state index contributed by atoms with van der Waals surface area (Å²) >= 11 is 17.7. The molecule has 0 heterocycles. The SMILES string of the molecule is CC(C)(Br)C(=O)O.CC(C)(Br)C(=O)O.CC(C)(Br)C(=O)O.CC(C)(Br)C(=O)O.CC(C)(Br)C(=O)O.CC(C)(Br)C(=O)O.OCC(CO)(CO)CO.OCC(CO)(CO)CO. The lowest BCUT2D eigenvalue weighted by atomic mass is 9.93. The molecule has 0 aromatic heterocycles. The van der Waals surface area contributed by atoms with E-state index in [4.69, 9.17) is 71.5 Å². The molecule has 60 heavy (non-hydrogen) atoms. The molecule has 0 fully saturated rings. The topological polar surface area (TPSA) is 386 Å². The maximum atomic E-state index is 9.97. The van der Waals surface area contributed by atoms with E-state index < -0.39 is 125 Å². The Morgan fingerprint density at radius 1 is 0.267 bits per heavy atom. The van der Waals surface area contributed by atoms with Crippen LogP contribution >= 0.6 is 95.6 Å². The van der Waals surface area contributed by atoms with Crippen molar-refractivity contribution in [3.63, 3.8) is 0 Å². The van der Waals surface area contributed by atoms with Crippen LogP contribution in [0.2, 0.25) is 0 Å². The summed E-state index contributed by atoms with van der Waals surface area (Å²) in [5, 5.41) is 117. The minimum absolute atomic E-state index is 0.406. The molecule has 0 saturated heterocycles. The second kappa shape index (κ2) is 35.7. The molecular formula is C34H66Br6O20. The quantitative estimate of drug-likeness (QED) is 0.111. The first-order valence-corrected chi connectivity index (χ1v) is 21.3. The Bertz CT molecular complexity index is 946. The Hall–Kier alpha value is -0.620. The molecule has 0 radical (unpaired) electrons. The summed E-state index contributed by atoms with van der Waals surface area (Å²) in [6.45, 7) is 15.7. The lowest BCUT2D eigenvalue weighted by Gasteiger charge is -2.23. The van der Waals surface area contributed by atoms with Gasteiger partial charge >= 0.3 is 35.8 Å². The predicted molar refractivity (Wildman–Crippen MR) is 245 cm³/mol. The zero-order valence-electron chi connectivity index (χ0n) is 35.6. The predicted octanol–water partition coefficient (Wildman–Crippen LogP) is 3.35. The van der Waals surface area contributed by atoms with E-state index in [0.29, 0.717) is 0 Å². The summed E-state index contributed by atoms with van der Waals surface area (Å²) < 4.78 is -4.63. The van der Waals surface area contributed by atoms with Crippen LogP contribution in [0.3, 0.4) is 0 Å². The zero-order chi connectivity index (χ0) is 51.1. The fraction of sp³-hybridized carbons (Fsp3) is 0.824. The summed E-state index contributed by atoms with van der Waals surface area (Å²) in [5.74, 6) is -5.04. The number of carbonyl (C=O) groups is 6. The van der Waals surface area contributed by atoms with Gasteiger partial charge in [-0.25, -0.2) is 0 Å². The fourth-order valence-corrected chi connectivity index (χ4v) is 0.600. The van der Waals surface area contributed by atoms with Gasteiger partial charge in [0.25, 0.3) is 0 Å². The molecule has 0 aliphatic carbocycles. The number of rotatable bonds is 14. The van der Waals surface area contributed by atoms with Crippen molar-refractivity contribution in [2.24, 2.45) is 10.8 Å². The zero-order valence-corrected chi connectivity index (χ0v) is 45.2. The molecule has 0 rings (SSSR count). The average molecular weight is 1270 g/mol. The van der Waals surface area contributed by atoms with Gasteiger partial charge in [-0.2, -0.15) is 0 Å². The van der Waals surface area contributed by atoms with Crippen molar-refractivity contribution < 1.29 is 100 Å². The van der Waals surface area contributed by atoms with Crippen molar-refractivity contribution in [1.29, 1.82) is 0 Å². The lowest BCUT2D eigenvalue weighted by Crippen LogP contribution is -2.37. The summed E-state index contributed by atoms with van der Waals surface area (Å²) in [4.78, 5) is 59.8. The number of halogens is 6. The smallest absolute Gasteiger partial charge is 0.319 e. The molecule has 0 aliphatic rings. The number of aliphatic hydroxyl groups is 8. The first-order chi connectivity index (χ1) is 26.1. The van der Waals surface area contributed by atoms with Gasteiger partial charge in [0.2, 0.25) is 0 Å². The fourth-order valence-electron chi connectivity index (χ4n) is 0.600. The molecule has 14 N–H and O–H groups in total. The molecule has 0 bridgehead atoms. The third kappa shape index (κ3) is 51.7. The third-order valence-corrected chi connectivity index (χ3v) is 7.77. The molecular weight excluding hydrogens is 1210 g/mol. The van der Waals surface area contributed by atoms with Crippen molar-refractivity contribution in [2.45, 2.75) is 109 Å². The molecule has 0 amide bonds. The molecule has 0 aromatic rings. The number of aliphatic carboxylic acids is 6. The highest BCUT2D eigenvalue weighted by atomic mass is 79.9. The normalized spacial score (nSPS) is 11.5. The van der Waals surface area contributed by atoms with Gasteiger partial charge in [-0.1, -0.05) is 95.6 Å². The van der Waals surface area contributed by atoms with E-state index in [1.807, 2.05) is 0 Å². The number of hydrogen-bond donors (Lipinski definition) is 14. The summed E-state index contributed by atoms with van der Waals surface area (Å²) in [7, 11) is 0. The van der Waals surface area contributed by atoms with Crippen molar-refractivity contribution in [3.8, 4) is 0 Å². The van der Waals surface area contributed by atoms with Crippen LogP contribution < -0.4 is 0 Å². The van der Waals surface area contributed by atoms with Gasteiger partial charge in [-0.15, -0.1) is 0 Å². The maximum Gasteiger partial charge on any atom is 0.319 e. The lowest BCUT2D eigenvalue weighted by molar-refractivity contribution is -0.139. The Morgan fingerprint density at radius 2 is 0.317 bits per heavy atom. The van der Waals surface area contributed by atoms with E-state index in [9.17, 15) is 28.8 Å². The van der Waals surface area contributed by atoms with E-state index in [-0.39, 0.29) is 0 Å². The highest BCUT2D eigenvalue weighted by Crippen LogP contribution is 2.17. The van der Waals surface area contributed by atoms with Gasteiger partial charge in [0, 0.05) is 0 Å². The van der Waals surface area contributed by atoms with Gasteiger partial charge in [0.05, 0.1) is 63.7 Å². The van der Waals surface area contributed by atoms with Crippen molar-refractivity contribution in [2.75, 3.05) is 52.9 Å². The maximum absolute atomic E-state index is 9.97. The molecule has 0 saturated carbocycles. The van der Waals surface area contributed by atoms with Crippen molar-refractivity contribution in [1.82, 2.24) is 0 Å². The second-order valence-corrected chi connectivity index (χ2v) is 26.8. The minimum atomic E-state index is -1.11. The van der Waals surface area contributed by atoms with Gasteiger partial charge < -0.3 is 71.5 Å². The first-order valence-electron chi connectivity index (χ1n) is 16.6. The summed E-state index contributed by atoms with van der Waals surface area (Å²) in [5.41, 5.74) is -2.22. The standard InChI is InChI=1S/2C5H12O4.6C4H7BrO2/c2*6-1-5(2-7,3-8)4-9;6*1-4(2,5)3(6)7/h2*6-9H,1-4H2;6*1-2H3,(H,6,7). The molecule has 26 heteroatoms. The van der Waals surface area contributed by atoms with Crippen LogP contribution in [0.15, 0.2) is 0 Å². The number of carboxylic acid groups (broad SMARTS) is 6. The largest absolute Gasteiger partial charge is 0.480 e. The Balaban J connectivity index is -0.0000000861. The first kappa shape index (κ1) is 76.7. The van der Waals surface area contributed by atoms with Gasteiger partial charge in [0.1, 0.15) is 25.9 Å². The van der Waals surface area contributed by atoms with Crippen molar-refractivity contribution >= 4 is 131 Å². The Labute approximate surface area is 401 Å². The number of carboxylic acids is 6. The molecule has 20 nitrogen and oxygen atoms in total. The minimum Gasteiger partial charge on any atom is -0.480 e. The summed E-state index contributed by atoms with van der Waals surface area (Å²) in [6.07, 6.45) is 0. The van der Waals surface area contributed by atoms with Crippen LogP contribution in [0.25, 0.3) is 0 Å². The summed E-state index contributed by atoms with van der Waals surface area (Å²) in [6, 6.07) is 0. The highest BCUT2D eigenvalue weighted by Gasteiger charge is 2.28. The van der Waals surface area contributed by atoms with E-state index in [2.05, 4.69) is 95.6 Å². The molecule has 0 aromatic carbocycles. The second-order valence-electron chi connectivity index (χ2n) is 14.9. The van der Waals surface area contributed by atoms with Gasteiger partial charge in [-0.05, 0) is 83.1 Å². The van der Waals surface area contributed by atoms with Crippen molar-refractivity contribution in [3.05, 3.63) is 0 Å².